The van der Waals surface area contributed by atoms with Crippen molar-refractivity contribution in [3.8, 4) is 0 Å². The van der Waals surface area contributed by atoms with Crippen LogP contribution < -0.4 is 5.32 Å². The second-order valence-corrected chi connectivity index (χ2v) is 5.49. The van der Waals surface area contributed by atoms with Crippen molar-refractivity contribution in [1.29, 1.82) is 0 Å². The van der Waals surface area contributed by atoms with Gasteiger partial charge < -0.3 is 5.32 Å². The van der Waals surface area contributed by atoms with Crippen LogP contribution in [0.1, 0.15) is 34.1 Å². The van der Waals surface area contributed by atoms with E-state index < -0.39 is 0 Å². The Labute approximate surface area is 118 Å². The predicted octanol–water partition coefficient (Wildman–Crippen LogP) is 4.30. The number of nitrogens with one attached hydrogen (secondary N) is 1. The van der Waals surface area contributed by atoms with Crippen LogP contribution in [-0.2, 0) is 6.42 Å². The minimum absolute atomic E-state index is 0.217. The van der Waals surface area contributed by atoms with Crippen molar-refractivity contribution in [3.63, 3.8) is 0 Å². The van der Waals surface area contributed by atoms with Gasteiger partial charge in [-0.15, -0.1) is 11.3 Å². The van der Waals surface area contributed by atoms with Gasteiger partial charge in [0.05, 0.1) is 4.88 Å². The van der Waals surface area contributed by atoms with Crippen molar-refractivity contribution in [2.24, 2.45) is 0 Å². The SMILES string of the molecule is CCc1cccc(C)c1NCCC(=O)c1cccs1. The lowest BCUT2D eigenvalue weighted by atomic mass is 10.1. The maximum atomic E-state index is 11.9. The molecule has 0 aliphatic heterocycles. The molecule has 2 aromatic rings. The third-order valence-corrected chi connectivity index (χ3v) is 4.10. The Morgan fingerprint density at radius 3 is 2.79 bits per heavy atom. The fourth-order valence-corrected chi connectivity index (χ4v) is 2.83. The van der Waals surface area contributed by atoms with E-state index in [1.165, 1.54) is 28.2 Å². The molecule has 0 radical (unpaired) electrons. The van der Waals surface area contributed by atoms with Crippen LogP contribution in [0.4, 0.5) is 5.69 Å². The molecule has 2 nitrogen and oxygen atoms in total. The highest BCUT2D eigenvalue weighted by Gasteiger charge is 2.08. The zero-order valence-corrected chi connectivity index (χ0v) is 12.2. The summed E-state index contributed by atoms with van der Waals surface area (Å²) in [5.74, 6) is 0.217. The van der Waals surface area contributed by atoms with Gasteiger partial charge in [-0.2, -0.15) is 0 Å². The number of para-hydroxylation sites is 1. The molecule has 0 spiro atoms. The fraction of sp³-hybridized carbons (Fsp3) is 0.312. The number of hydrogen-bond acceptors (Lipinski definition) is 3. The van der Waals surface area contributed by atoms with Crippen molar-refractivity contribution in [1.82, 2.24) is 0 Å². The van der Waals surface area contributed by atoms with Gasteiger partial charge in [0.15, 0.2) is 5.78 Å². The van der Waals surface area contributed by atoms with Crippen molar-refractivity contribution in [3.05, 3.63) is 51.7 Å². The highest BCUT2D eigenvalue weighted by Crippen LogP contribution is 2.21. The topological polar surface area (TPSA) is 29.1 Å². The Bertz CT molecular complexity index is 546. The summed E-state index contributed by atoms with van der Waals surface area (Å²) in [6.45, 7) is 4.94. The zero-order valence-electron chi connectivity index (χ0n) is 11.4. The molecule has 2 rings (SSSR count). The summed E-state index contributed by atoms with van der Waals surface area (Å²) in [5.41, 5.74) is 3.73. The van der Waals surface area contributed by atoms with Crippen LogP contribution >= 0.6 is 11.3 Å². The first-order valence-corrected chi connectivity index (χ1v) is 7.49. The van der Waals surface area contributed by atoms with Crippen molar-refractivity contribution in [2.45, 2.75) is 26.7 Å². The van der Waals surface area contributed by atoms with E-state index in [0.29, 0.717) is 13.0 Å². The Kier molecular flexibility index (Phi) is 4.74. The number of Topliss-reactive ketones (excluding diaryl/α,β-unsaturated/α-hetero) is 1. The van der Waals surface area contributed by atoms with E-state index in [1.807, 2.05) is 17.5 Å². The van der Waals surface area contributed by atoms with Crippen LogP contribution in [0.2, 0.25) is 0 Å². The Morgan fingerprint density at radius 2 is 2.11 bits per heavy atom. The van der Waals surface area contributed by atoms with Crippen molar-refractivity contribution >= 4 is 22.8 Å². The lowest BCUT2D eigenvalue weighted by Crippen LogP contribution is -2.10. The summed E-state index contributed by atoms with van der Waals surface area (Å²) >= 11 is 1.51. The first kappa shape index (κ1) is 13.8. The van der Waals surface area contributed by atoms with E-state index in [9.17, 15) is 4.79 Å². The number of carbonyl (C=O) groups excluding carboxylic acids is 1. The van der Waals surface area contributed by atoms with E-state index in [-0.39, 0.29) is 5.78 Å². The Hall–Kier alpha value is -1.61. The average Bonchev–Trinajstić information content (AvgIpc) is 2.94. The number of hydrogen-bond donors (Lipinski definition) is 1. The molecule has 0 bridgehead atoms. The minimum atomic E-state index is 0.217. The highest BCUT2D eigenvalue weighted by molar-refractivity contribution is 7.12. The van der Waals surface area contributed by atoms with Gasteiger partial charge in [-0.05, 0) is 35.9 Å². The van der Waals surface area contributed by atoms with Crippen LogP contribution in [0.3, 0.4) is 0 Å². The van der Waals surface area contributed by atoms with Gasteiger partial charge in [0.2, 0.25) is 0 Å². The molecule has 19 heavy (non-hydrogen) atoms. The first-order chi connectivity index (χ1) is 9.22. The van der Waals surface area contributed by atoms with E-state index in [2.05, 4.69) is 37.4 Å². The van der Waals surface area contributed by atoms with Crippen molar-refractivity contribution < 1.29 is 4.79 Å². The summed E-state index contributed by atoms with van der Waals surface area (Å²) in [4.78, 5) is 12.8. The van der Waals surface area contributed by atoms with Crippen LogP contribution in [-0.4, -0.2) is 12.3 Å². The molecular formula is C16H19NOS. The normalized spacial score (nSPS) is 10.4. The number of rotatable bonds is 6. The molecule has 0 saturated heterocycles. The number of ketones is 1. The van der Waals surface area contributed by atoms with Crippen LogP contribution in [0.5, 0.6) is 0 Å². The second kappa shape index (κ2) is 6.53. The maximum Gasteiger partial charge on any atom is 0.174 e. The van der Waals surface area contributed by atoms with Crippen LogP contribution in [0.15, 0.2) is 35.7 Å². The fourth-order valence-electron chi connectivity index (χ4n) is 2.14. The molecule has 100 valence electrons. The number of benzene rings is 1. The molecule has 0 aliphatic carbocycles. The summed E-state index contributed by atoms with van der Waals surface area (Å²) in [7, 11) is 0. The molecule has 3 heteroatoms. The van der Waals surface area contributed by atoms with E-state index in [0.717, 1.165) is 11.3 Å². The third-order valence-electron chi connectivity index (χ3n) is 3.19. The van der Waals surface area contributed by atoms with E-state index >= 15 is 0 Å². The van der Waals surface area contributed by atoms with E-state index in [1.54, 1.807) is 0 Å². The molecule has 0 aliphatic rings. The molecular weight excluding hydrogens is 254 g/mol. The third kappa shape index (κ3) is 3.44. The lowest BCUT2D eigenvalue weighted by molar-refractivity contribution is 0.0990. The first-order valence-electron chi connectivity index (χ1n) is 6.61. The number of thiophene rings is 1. The summed E-state index contributed by atoms with van der Waals surface area (Å²) in [6.07, 6.45) is 1.54. The molecule has 1 N–H and O–H groups in total. The predicted molar refractivity (Wildman–Crippen MR) is 82.3 cm³/mol. The number of aryl methyl sites for hydroxylation is 2. The maximum absolute atomic E-state index is 11.9. The quantitative estimate of drug-likeness (QED) is 0.795. The summed E-state index contributed by atoms with van der Waals surface area (Å²) in [5, 5.41) is 5.35. The molecule has 0 amide bonds. The number of anilines is 1. The second-order valence-electron chi connectivity index (χ2n) is 4.54. The summed E-state index contributed by atoms with van der Waals surface area (Å²) < 4.78 is 0. The molecule has 0 unspecified atom stereocenters. The molecule has 0 fully saturated rings. The standard InChI is InChI=1S/C16H19NOS/c1-3-13-7-4-6-12(2)16(13)17-10-9-14(18)15-8-5-11-19-15/h4-8,11,17H,3,9-10H2,1-2H3. The molecule has 1 heterocycles. The minimum Gasteiger partial charge on any atom is -0.384 e. The van der Waals surface area contributed by atoms with Gasteiger partial charge in [0, 0.05) is 18.7 Å². The Balaban J connectivity index is 1.94. The average molecular weight is 273 g/mol. The molecule has 1 aromatic heterocycles. The van der Waals surface area contributed by atoms with Gasteiger partial charge in [-0.25, -0.2) is 0 Å². The zero-order chi connectivity index (χ0) is 13.7. The van der Waals surface area contributed by atoms with Gasteiger partial charge >= 0.3 is 0 Å². The van der Waals surface area contributed by atoms with Crippen molar-refractivity contribution in [2.75, 3.05) is 11.9 Å². The number of carbonyl (C=O) groups is 1. The summed E-state index contributed by atoms with van der Waals surface area (Å²) in [6, 6.07) is 10.1. The Morgan fingerprint density at radius 1 is 1.26 bits per heavy atom. The largest absolute Gasteiger partial charge is 0.384 e. The van der Waals surface area contributed by atoms with Crippen LogP contribution in [0, 0.1) is 6.92 Å². The van der Waals surface area contributed by atoms with Gasteiger partial charge in [0.25, 0.3) is 0 Å². The molecule has 0 atom stereocenters. The van der Waals surface area contributed by atoms with Gasteiger partial charge in [-0.3, -0.25) is 4.79 Å². The smallest absolute Gasteiger partial charge is 0.174 e. The lowest BCUT2D eigenvalue weighted by Gasteiger charge is -2.13. The van der Waals surface area contributed by atoms with Gasteiger partial charge in [-0.1, -0.05) is 31.2 Å². The molecule has 1 aromatic carbocycles. The van der Waals surface area contributed by atoms with E-state index in [4.69, 9.17) is 0 Å². The van der Waals surface area contributed by atoms with Gasteiger partial charge in [0.1, 0.15) is 0 Å². The van der Waals surface area contributed by atoms with Crippen LogP contribution in [0.25, 0.3) is 0 Å². The monoisotopic (exact) mass is 273 g/mol. The molecule has 0 saturated carbocycles. The highest BCUT2D eigenvalue weighted by atomic mass is 32.1.